The summed E-state index contributed by atoms with van der Waals surface area (Å²) in [6.45, 7) is 0. The number of fused-ring (bicyclic) bond motifs is 14. The monoisotopic (exact) mass is 1120 g/mol. The van der Waals surface area contributed by atoms with Gasteiger partial charge in [-0.05, 0) is 157 Å². The van der Waals surface area contributed by atoms with E-state index in [9.17, 15) is 0 Å². The van der Waals surface area contributed by atoms with E-state index in [0.717, 1.165) is 88.8 Å². The quantitative estimate of drug-likeness (QED) is 0.137. The molecular formula is C84H54N2O2. The third-order valence-corrected chi connectivity index (χ3v) is 19.0. The highest BCUT2D eigenvalue weighted by Crippen LogP contribution is 2.60. The number of hydrogen-bond acceptors (Lipinski definition) is 4. The highest BCUT2D eigenvalue weighted by molar-refractivity contribution is 6.16. The van der Waals surface area contributed by atoms with Crippen LogP contribution in [0.4, 0.5) is 34.1 Å². The Morgan fingerprint density at radius 3 is 1.41 bits per heavy atom. The second kappa shape index (κ2) is 19.5. The van der Waals surface area contributed by atoms with Crippen LogP contribution in [-0.4, -0.2) is 0 Å². The molecule has 16 aromatic rings. The van der Waals surface area contributed by atoms with Crippen molar-refractivity contribution in [2.45, 2.75) is 10.8 Å². The molecule has 412 valence electrons. The predicted octanol–water partition coefficient (Wildman–Crippen LogP) is 22.3. The highest BCUT2D eigenvalue weighted by atomic mass is 16.3. The Bertz CT molecular complexity index is 5340. The van der Waals surface area contributed by atoms with Crippen molar-refractivity contribution in [3.8, 4) is 22.3 Å². The predicted molar refractivity (Wildman–Crippen MR) is 362 cm³/mol. The van der Waals surface area contributed by atoms with Gasteiger partial charge in [-0.2, -0.15) is 0 Å². The number of nitrogens with zero attached hydrogens (tertiary/aromatic N) is 2. The van der Waals surface area contributed by atoms with Gasteiger partial charge in [-0.25, -0.2) is 0 Å². The van der Waals surface area contributed by atoms with Gasteiger partial charge < -0.3 is 18.6 Å². The fraction of sp³-hybridized carbons (Fsp3) is 0.0238. The molecule has 0 fully saturated rings. The fourth-order valence-corrected chi connectivity index (χ4v) is 15.4. The van der Waals surface area contributed by atoms with Crippen LogP contribution in [0.1, 0.15) is 44.5 Å². The lowest BCUT2D eigenvalue weighted by Crippen LogP contribution is -2.28. The van der Waals surface area contributed by atoms with Crippen molar-refractivity contribution in [2.24, 2.45) is 0 Å². The van der Waals surface area contributed by atoms with Gasteiger partial charge in [0.2, 0.25) is 0 Å². The second-order valence-electron chi connectivity index (χ2n) is 23.4. The van der Waals surface area contributed by atoms with Crippen LogP contribution in [0, 0.1) is 0 Å². The summed E-state index contributed by atoms with van der Waals surface area (Å²) in [5, 5.41) is 6.48. The van der Waals surface area contributed by atoms with Gasteiger partial charge in [-0.1, -0.05) is 243 Å². The lowest BCUT2D eigenvalue weighted by Gasteiger charge is -2.35. The average molecular weight is 1120 g/mol. The Hall–Kier alpha value is -11.5. The number of para-hydroxylation sites is 1. The smallest absolute Gasteiger partial charge is 0.143 e. The summed E-state index contributed by atoms with van der Waals surface area (Å²) in [4.78, 5) is 4.90. The Labute approximate surface area is 509 Å². The summed E-state index contributed by atoms with van der Waals surface area (Å²) in [7, 11) is 0. The molecule has 0 aliphatic heterocycles. The van der Waals surface area contributed by atoms with Crippen molar-refractivity contribution < 1.29 is 8.83 Å². The first-order valence-corrected chi connectivity index (χ1v) is 30.3. The molecule has 2 heterocycles. The van der Waals surface area contributed by atoms with E-state index in [-0.39, 0.29) is 0 Å². The zero-order valence-electron chi connectivity index (χ0n) is 47.9. The number of anilines is 6. The third-order valence-electron chi connectivity index (χ3n) is 19.0. The van der Waals surface area contributed by atoms with Crippen LogP contribution < -0.4 is 9.80 Å². The molecule has 0 saturated carbocycles. The molecular weight excluding hydrogens is 1070 g/mol. The van der Waals surface area contributed by atoms with Gasteiger partial charge in [-0.3, -0.25) is 0 Å². The summed E-state index contributed by atoms with van der Waals surface area (Å²) >= 11 is 0. The SMILES string of the molecule is c1ccc(C2(c3ccccc3)c3ccccc3-c3cc(N(c4cccc(N(c5ccc6c(c5)C(c5ccccc5)(c5ccccc5)c5ccccc5-6)c5ccc6oc7c8ccccc8ccc7c6c5)c4)c4cccc5oc6ccccc6c45)ccc32)cc1. The Morgan fingerprint density at radius 2 is 0.716 bits per heavy atom. The van der Waals surface area contributed by atoms with Crippen molar-refractivity contribution in [2.75, 3.05) is 9.80 Å². The molecule has 88 heavy (non-hydrogen) atoms. The maximum atomic E-state index is 6.82. The maximum Gasteiger partial charge on any atom is 0.143 e. The van der Waals surface area contributed by atoms with Crippen LogP contribution >= 0.6 is 0 Å². The Kier molecular flexibility index (Phi) is 11.1. The van der Waals surface area contributed by atoms with E-state index in [1.54, 1.807) is 0 Å². The molecule has 0 bridgehead atoms. The number of furan rings is 2. The normalized spacial score (nSPS) is 13.4. The van der Waals surface area contributed by atoms with E-state index in [1.165, 1.54) is 66.8 Å². The molecule has 0 atom stereocenters. The first-order valence-electron chi connectivity index (χ1n) is 30.3. The van der Waals surface area contributed by atoms with E-state index < -0.39 is 10.8 Å². The molecule has 4 nitrogen and oxygen atoms in total. The first-order chi connectivity index (χ1) is 43.6. The molecule has 2 aliphatic rings. The fourth-order valence-electron chi connectivity index (χ4n) is 15.4. The van der Waals surface area contributed by atoms with Crippen molar-refractivity contribution in [3.05, 3.63) is 372 Å². The third kappa shape index (κ3) is 7.20. The Balaban J connectivity index is 0.892. The largest absolute Gasteiger partial charge is 0.456 e. The summed E-state index contributed by atoms with van der Waals surface area (Å²) in [6.07, 6.45) is 0. The number of rotatable bonds is 10. The topological polar surface area (TPSA) is 32.8 Å². The summed E-state index contributed by atoms with van der Waals surface area (Å²) in [5.74, 6) is 0. The van der Waals surface area contributed by atoms with Crippen LogP contribution in [-0.2, 0) is 10.8 Å². The van der Waals surface area contributed by atoms with Gasteiger partial charge in [0, 0.05) is 50.0 Å². The molecule has 0 radical (unpaired) electrons. The van der Waals surface area contributed by atoms with Crippen molar-refractivity contribution in [3.63, 3.8) is 0 Å². The zero-order valence-corrected chi connectivity index (χ0v) is 47.9. The number of hydrogen-bond donors (Lipinski definition) is 0. The van der Waals surface area contributed by atoms with Crippen LogP contribution in [0.15, 0.2) is 336 Å². The Morgan fingerprint density at radius 1 is 0.239 bits per heavy atom. The van der Waals surface area contributed by atoms with Crippen LogP contribution in [0.5, 0.6) is 0 Å². The molecule has 0 saturated heterocycles. The van der Waals surface area contributed by atoms with Crippen LogP contribution in [0.3, 0.4) is 0 Å². The second-order valence-corrected chi connectivity index (χ2v) is 23.4. The average Bonchev–Trinajstić information content (AvgIpc) is 1.55. The van der Waals surface area contributed by atoms with Gasteiger partial charge in [-0.15, -0.1) is 0 Å². The number of benzene rings is 14. The van der Waals surface area contributed by atoms with E-state index in [0.29, 0.717) is 0 Å². The summed E-state index contributed by atoms with van der Waals surface area (Å²) in [5.41, 5.74) is 23.1. The molecule has 0 spiro atoms. The molecule has 0 unspecified atom stereocenters. The zero-order chi connectivity index (χ0) is 57.9. The first kappa shape index (κ1) is 49.9. The van der Waals surface area contributed by atoms with E-state index >= 15 is 0 Å². The van der Waals surface area contributed by atoms with Crippen molar-refractivity contribution in [1.82, 2.24) is 0 Å². The maximum absolute atomic E-state index is 6.82. The molecule has 4 heteroatoms. The lowest BCUT2D eigenvalue weighted by molar-refractivity contribution is 0.669. The minimum atomic E-state index is -0.614. The molecule has 0 amide bonds. The van der Waals surface area contributed by atoms with E-state index in [2.05, 4.69) is 337 Å². The minimum Gasteiger partial charge on any atom is -0.456 e. The van der Waals surface area contributed by atoms with Gasteiger partial charge >= 0.3 is 0 Å². The van der Waals surface area contributed by atoms with Gasteiger partial charge in [0.25, 0.3) is 0 Å². The van der Waals surface area contributed by atoms with Gasteiger partial charge in [0.1, 0.15) is 22.3 Å². The molecule has 2 aromatic heterocycles. The van der Waals surface area contributed by atoms with Crippen LogP contribution in [0.25, 0.3) is 76.9 Å². The van der Waals surface area contributed by atoms with Crippen LogP contribution in [0.2, 0.25) is 0 Å². The van der Waals surface area contributed by atoms with Gasteiger partial charge in [0.15, 0.2) is 0 Å². The highest BCUT2D eigenvalue weighted by Gasteiger charge is 2.48. The molecule has 18 rings (SSSR count). The van der Waals surface area contributed by atoms with E-state index in [1.807, 2.05) is 0 Å². The van der Waals surface area contributed by atoms with Crippen molar-refractivity contribution in [1.29, 1.82) is 0 Å². The summed E-state index contributed by atoms with van der Waals surface area (Å²) < 4.78 is 13.5. The van der Waals surface area contributed by atoms with E-state index in [4.69, 9.17) is 8.83 Å². The van der Waals surface area contributed by atoms with Gasteiger partial charge in [0.05, 0.1) is 21.9 Å². The van der Waals surface area contributed by atoms with Crippen molar-refractivity contribution >= 4 is 88.8 Å². The minimum absolute atomic E-state index is 0.552. The lowest BCUT2D eigenvalue weighted by atomic mass is 9.67. The molecule has 14 aromatic carbocycles. The standard InChI is InChI=1S/C84H54N2O2/c1-5-24-56(25-6-1)83(57-26-7-2-8-27-57)74-39-19-16-36-67(74)71-52-63(45-49-75(71)83)86(77-40-22-42-80-81(77)70-37-17-20-41-78(70)87-80)61-33-21-32-60(51-61)85(62-46-50-79-72(53-62)69-47-43-55-23-13-14-34-65(55)82(69)88-79)64-44-48-68-66-35-15-18-38-73(66)84(76(68)54-64,58-28-9-3-10-29-58)59-30-11-4-12-31-59/h1-54H. The molecule has 2 aliphatic carbocycles. The molecule has 0 N–H and O–H groups in total. The summed E-state index contributed by atoms with van der Waals surface area (Å²) in [6, 6.07) is 120.